The van der Waals surface area contributed by atoms with E-state index in [4.69, 9.17) is 12.2 Å². The quantitative estimate of drug-likeness (QED) is 0.849. The number of likely N-dealkylation sites (tertiary alicyclic amines) is 1. The van der Waals surface area contributed by atoms with Gasteiger partial charge in [-0.25, -0.2) is 0 Å². The second kappa shape index (κ2) is 7.41. The topological polar surface area (TPSA) is 41.0 Å². The highest BCUT2D eigenvalue weighted by molar-refractivity contribution is 7.71. The molecule has 0 aliphatic carbocycles. The first-order valence-electron chi connectivity index (χ1n) is 8.66. The smallest absolute Gasteiger partial charge is 0.262 e. The van der Waals surface area contributed by atoms with E-state index < -0.39 is 0 Å². The minimum atomic E-state index is 0.0232. The molecule has 1 N–H and O–H groups in total. The van der Waals surface area contributed by atoms with Crippen LogP contribution in [0.15, 0.2) is 29.1 Å². The van der Waals surface area contributed by atoms with Crippen molar-refractivity contribution in [3.63, 3.8) is 0 Å². The number of nitrogens with one attached hydrogen (secondary N) is 1. The number of hydrogen-bond donors (Lipinski definition) is 1. The Labute approximate surface area is 142 Å². The average molecular weight is 331 g/mol. The number of nitrogens with zero attached hydrogens (tertiary/aromatic N) is 2. The number of fused-ring (bicyclic) bond motifs is 1. The molecular weight excluding hydrogens is 306 g/mol. The van der Waals surface area contributed by atoms with Gasteiger partial charge in [0.25, 0.3) is 5.56 Å². The molecule has 124 valence electrons. The maximum Gasteiger partial charge on any atom is 0.262 e. The van der Waals surface area contributed by atoms with Gasteiger partial charge in [0, 0.05) is 19.1 Å². The largest absolute Gasteiger partial charge is 0.332 e. The van der Waals surface area contributed by atoms with Gasteiger partial charge in [-0.15, -0.1) is 0 Å². The first-order valence-corrected chi connectivity index (χ1v) is 9.07. The van der Waals surface area contributed by atoms with Gasteiger partial charge in [-0.1, -0.05) is 25.5 Å². The molecule has 0 saturated carbocycles. The summed E-state index contributed by atoms with van der Waals surface area (Å²) in [6.45, 7) is 5.20. The van der Waals surface area contributed by atoms with Crippen molar-refractivity contribution in [2.24, 2.45) is 0 Å². The number of piperidine rings is 1. The summed E-state index contributed by atoms with van der Waals surface area (Å²) in [5.41, 5.74) is 0.843. The molecule has 1 aromatic heterocycles. The number of benzene rings is 1. The van der Waals surface area contributed by atoms with Crippen molar-refractivity contribution in [2.75, 3.05) is 13.1 Å². The summed E-state index contributed by atoms with van der Waals surface area (Å²) in [5.74, 6) is 0. The molecule has 1 atom stereocenters. The Kier molecular flexibility index (Phi) is 5.28. The lowest BCUT2D eigenvalue weighted by atomic mass is 10.00. The van der Waals surface area contributed by atoms with Crippen LogP contribution in [0.3, 0.4) is 0 Å². The molecule has 1 aromatic carbocycles. The Bertz CT molecular complexity index is 780. The summed E-state index contributed by atoms with van der Waals surface area (Å²) < 4.78 is 2.24. The van der Waals surface area contributed by atoms with Gasteiger partial charge in [-0.2, -0.15) is 0 Å². The molecule has 4 nitrogen and oxygen atoms in total. The Morgan fingerprint density at radius 1 is 1.26 bits per heavy atom. The third-order valence-corrected chi connectivity index (χ3v) is 5.26. The van der Waals surface area contributed by atoms with Crippen LogP contribution in [0.2, 0.25) is 0 Å². The van der Waals surface area contributed by atoms with Gasteiger partial charge < -0.3 is 9.88 Å². The Morgan fingerprint density at radius 2 is 2.09 bits per heavy atom. The summed E-state index contributed by atoms with van der Waals surface area (Å²) in [4.78, 5) is 18.4. The Balaban J connectivity index is 1.72. The van der Waals surface area contributed by atoms with E-state index >= 15 is 0 Å². The van der Waals surface area contributed by atoms with Crippen molar-refractivity contribution < 1.29 is 0 Å². The lowest BCUT2D eigenvalue weighted by Crippen LogP contribution is -2.40. The van der Waals surface area contributed by atoms with Gasteiger partial charge in [-0.3, -0.25) is 9.36 Å². The van der Waals surface area contributed by atoms with Gasteiger partial charge in [-0.05, 0) is 56.6 Å². The highest BCUT2D eigenvalue weighted by Gasteiger charge is 2.20. The zero-order valence-electron chi connectivity index (χ0n) is 13.8. The second-order valence-electron chi connectivity index (χ2n) is 6.38. The third-order valence-electron chi connectivity index (χ3n) is 4.94. The first kappa shape index (κ1) is 16.4. The molecule has 5 heteroatoms. The van der Waals surface area contributed by atoms with Crippen molar-refractivity contribution in [3.8, 4) is 0 Å². The van der Waals surface area contributed by atoms with Crippen LogP contribution in [0.25, 0.3) is 10.9 Å². The average Bonchev–Trinajstić information content (AvgIpc) is 2.58. The minimum Gasteiger partial charge on any atom is -0.332 e. The van der Waals surface area contributed by atoms with E-state index in [1.807, 2.05) is 24.3 Å². The Morgan fingerprint density at radius 3 is 2.91 bits per heavy atom. The molecule has 1 aliphatic rings. The molecule has 23 heavy (non-hydrogen) atoms. The van der Waals surface area contributed by atoms with E-state index in [0.717, 1.165) is 18.5 Å². The number of hydrogen-bond acceptors (Lipinski definition) is 3. The van der Waals surface area contributed by atoms with Gasteiger partial charge in [0.15, 0.2) is 4.77 Å². The van der Waals surface area contributed by atoms with Gasteiger partial charge in [0.05, 0.1) is 10.9 Å². The fourth-order valence-corrected chi connectivity index (χ4v) is 3.93. The standard InChI is InChI=1S/C18H25N3OS/c1-2-14-8-5-6-11-20(14)12-7-13-21-17(22)15-9-3-4-10-16(15)19-18(21)23/h3-4,9-10,14H,2,5-8,11-13H2,1H3,(H,19,23)/t14-/m0/s1. The number of H-pyrrole nitrogens is 1. The van der Waals surface area contributed by atoms with Crippen LogP contribution in [-0.4, -0.2) is 33.6 Å². The highest BCUT2D eigenvalue weighted by atomic mass is 32.1. The Hall–Kier alpha value is -1.46. The minimum absolute atomic E-state index is 0.0232. The van der Waals surface area contributed by atoms with Crippen molar-refractivity contribution in [1.29, 1.82) is 0 Å². The van der Waals surface area contributed by atoms with Crippen LogP contribution in [0.5, 0.6) is 0 Å². The fraction of sp³-hybridized carbons (Fsp3) is 0.556. The van der Waals surface area contributed by atoms with Crippen molar-refractivity contribution >= 4 is 23.1 Å². The van der Waals surface area contributed by atoms with Crippen molar-refractivity contribution in [1.82, 2.24) is 14.5 Å². The van der Waals surface area contributed by atoms with Crippen molar-refractivity contribution in [2.45, 2.75) is 51.6 Å². The zero-order chi connectivity index (χ0) is 16.2. The van der Waals surface area contributed by atoms with Gasteiger partial charge in [0.1, 0.15) is 0 Å². The van der Waals surface area contributed by atoms with Gasteiger partial charge >= 0.3 is 0 Å². The molecule has 0 radical (unpaired) electrons. The zero-order valence-corrected chi connectivity index (χ0v) is 14.6. The predicted molar refractivity (Wildman–Crippen MR) is 97.5 cm³/mol. The molecule has 0 unspecified atom stereocenters. The van der Waals surface area contributed by atoms with E-state index in [9.17, 15) is 4.79 Å². The lowest BCUT2D eigenvalue weighted by Gasteiger charge is -2.35. The predicted octanol–water partition coefficient (Wildman–Crippen LogP) is 3.71. The van der Waals surface area contributed by atoms with E-state index in [2.05, 4.69) is 16.8 Å². The number of aromatic amines is 1. The molecule has 2 aromatic rings. The number of aromatic nitrogens is 2. The monoisotopic (exact) mass is 331 g/mol. The van der Waals surface area contributed by atoms with Crippen LogP contribution in [-0.2, 0) is 6.54 Å². The number of para-hydroxylation sites is 1. The van der Waals surface area contributed by atoms with Crippen LogP contribution in [0.1, 0.15) is 39.0 Å². The molecular formula is C18H25N3OS. The lowest BCUT2D eigenvalue weighted by molar-refractivity contribution is 0.140. The molecule has 2 heterocycles. The molecule has 1 fully saturated rings. The summed E-state index contributed by atoms with van der Waals surface area (Å²) >= 11 is 5.38. The molecule has 1 aliphatic heterocycles. The van der Waals surface area contributed by atoms with Crippen LogP contribution in [0, 0.1) is 4.77 Å². The second-order valence-corrected chi connectivity index (χ2v) is 6.77. The van der Waals surface area contributed by atoms with Crippen LogP contribution < -0.4 is 5.56 Å². The highest BCUT2D eigenvalue weighted by Crippen LogP contribution is 2.19. The SMILES string of the molecule is CC[C@H]1CCCCN1CCCn1c(=S)[nH]c2ccccc2c1=O. The van der Waals surface area contributed by atoms with Gasteiger partial charge in [0.2, 0.25) is 0 Å². The summed E-state index contributed by atoms with van der Waals surface area (Å²) in [6.07, 6.45) is 6.14. The molecule has 0 spiro atoms. The maximum atomic E-state index is 12.6. The van der Waals surface area contributed by atoms with Crippen LogP contribution >= 0.6 is 12.2 Å². The molecule has 1 saturated heterocycles. The van der Waals surface area contributed by atoms with E-state index in [0.29, 0.717) is 22.7 Å². The first-order chi connectivity index (χ1) is 11.2. The number of rotatable bonds is 5. The fourth-order valence-electron chi connectivity index (χ4n) is 3.65. The summed E-state index contributed by atoms with van der Waals surface area (Å²) in [7, 11) is 0. The van der Waals surface area contributed by atoms with E-state index in [-0.39, 0.29) is 5.56 Å². The molecule has 0 amide bonds. The summed E-state index contributed by atoms with van der Waals surface area (Å²) in [6, 6.07) is 8.28. The summed E-state index contributed by atoms with van der Waals surface area (Å²) in [5, 5.41) is 0.713. The maximum absolute atomic E-state index is 12.6. The molecule has 0 bridgehead atoms. The third kappa shape index (κ3) is 3.56. The molecule has 3 rings (SSSR count). The van der Waals surface area contributed by atoms with Crippen LogP contribution in [0.4, 0.5) is 0 Å². The normalized spacial score (nSPS) is 19.3. The van der Waals surface area contributed by atoms with E-state index in [1.165, 1.54) is 32.2 Å². The van der Waals surface area contributed by atoms with Crippen molar-refractivity contribution in [3.05, 3.63) is 39.4 Å². The van der Waals surface area contributed by atoms with E-state index in [1.54, 1.807) is 4.57 Å².